The number of hydrogen-bond donors (Lipinski definition) is 1. The molecule has 0 aliphatic heterocycles. The Hall–Kier alpha value is -2.66. The average Bonchev–Trinajstić information content (AvgIpc) is 3.02. The van der Waals surface area contributed by atoms with Gasteiger partial charge < -0.3 is 4.74 Å². The van der Waals surface area contributed by atoms with E-state index in [0.717, 1.165) is 39.0 Å². The van der Waals surface area contributed by atoms with Crippen LogP contribution in [0, 0.1) is 6.92 Å². The zero-order chi connectivity index (χ0) is 17.5. The number of ether oxygens (including phenoxy) is 1. The molecule has 5 heteroatoms. The molecule has 3 aromatic rings. The summed E-state index contributed by atoms with van der Waals surface area (Å²) in [6, 6.07) is 18.1. The molecule has 0 saturated carbocycles. The van der Waals surface area contributed by atoms with Gasteiger partial charge in [0, 0.05) is 16.0 Å². The van der Waals surface area contributed by atoms with Gasteiger partial charge in [0.1, 0.15) is 5.75 Å². The molecule has 4 nitrogen and oxygen atoms in total. The number of para-hydroxylation sites is 1. The van der Waals surface area contributed by atoms with Gasteiger partial charge in [0.05, 0.1) is 18.5 Å². The lowest BCUT2D eigenvalue weighted by atomic mass is 10.1. The number of benzene rings is 2. The van der Waals surface area contributed by atoms with E-state index >= 15 is 0 Å². The van der Waals surface area contributed by atoms with E-state index in [9.17, 15) is 0 Å². The summed E-state index contributed by atoms with van der Waals surface area (Å²) < 4.78 is 5.74. The number of aryl methyl sites for hydroxylation is 1. The van der Waals surface area contributed by atoms with Crippen LogP contribution in [0.1, 0.15) is 23.8 Å². The van der Waals surface area contributed by atoms with Gasteiger partial charge in [-0.1, -0.05) is 49.4 Å². The molecule has 0 fully saturated rings. The maximum atomic E-state index is 5.74. The first-order valence-electron chi connectivity index (χ1n) is 8.31. The molecule has 0 amide bonds. The maximum absolute atomic E-state index is 5.74. The van der Waals surface area contributed by atoms with Crippen molar-refractivity contribution in [1.29, 1.82) is 0 Å². The Balaban J connectivity index is 1.71. The van der Waals surface area contributed by atoms with Gasteiger partial charge in [-0.05, 0) is 25.5 Å². The number of aromatic nitrogens is 1. The van der Waals surface area contributed by atoms with Crippen molar-refractivity contribution in [2.24, 2.45) is 5.10 Å². The lowest BCUT2D eigenvalue weighted by Crippen LogP contribution is -1.99. The van der Waals surface area contributed by atoms with Gasteiger partial charge in [0.15, 0.2) is 0 Å². The second-order valence-corrected chi connectivity index (χ2v) is 6.75. The Morgan fingerprint density at radius 1 is 1.12 bits per heavy atom. The SMILES string of the molecule is CCCOc1ccccc1/C=N\Nc1nc(-c2ccccc2)c(C)s1. The Bertz CT molecular complexity index is 843. The van der Waals surface area contributed by atoms with Crippen LogP contribution in [0.5, 0.6) is 5.75 Å². The van der Waals surface area contributed by atoms with Gasteiger partial charge in [-0.15, -0.1) is 11.3 Å². The molecule has 0 spiro atoms. The molecule has 0 aliphatic carbocycles. The van der Waals surface area contributed by atoms with Gasteiger partial charge in [0.25, 0.3) is 0 Å². The number of hydrogen-bond acceptors (Lipinski definition) is 5. The lowest BCUT2D eigenvalue weighted by molar-refractivity contribution is 0.317. The summed E-state index contributed by atoms with van der Waals surface area (Å²) in [5.74, 6) is 0.843. The molecule has 3 rings (SSSR count). The fourth-order valence-electron chi connectivity index (χ4n) is 2.40. The van der Waals surface area contributed by atoms with Crippen molar-refractivity contribution >= 4 is 22.7 Å². The van der Waals surface area contributed by atoms with E-state index < -0.39 is 0 Å². The summed E-state index contributed by atoms with van der Waals surface area (Å²) in [5.41, 5.74) is 6.09. The molecule has 0 unspecified atom stereocenters. The lowest BCUT2D eigenvalue weighted by Gasteiger charge is -2.07. The smallest absolute Gasteiger partial charge is 0.204 e. The maximum Gasteiger partial charge on any atom is 0.204 e. The topological polar surface area (TPSA) is 46.5 Å². The van der Waals surface area contributed by atoms with E-state index in [0.29, 0.717) is 6.61 Å². The monoisotopic (exact) mass is 351 g/mol. The van der Waals surface area contributed by atoms with Crippen molar-refractivity contribution in [3.8, 4) is 17.0 Å². The number of nitrogens with zero attached hydrogens (tertiary/aromatic N) is 2. The molecule has 0 radical (unpaired) electrons. The molecule has 128 valence electrons. The zero-order valence-electron chi connectivity index (χ0n) is 14.4. The van der Waals surface area contributed by atoms with Crippen molar-refractivity contribution in [3.63, 3.8) is 0 Å². The molecule has 25 heavy (non-hydrogen) atoms. The van der Waals surface area contributed by atoms with Crippen molar-refractivity contribution in [2.45, 2.75) is 20.3 Å². The summed E-state index contributed by atoms with van der Waals surface area (Å²) in [6.45, 7) is 4.86. The Kier molecular flexibility index (Phi) is 5.80. The van der Waals surface area contributed by atoms with Crippen LogP contribution >= 0.6 is 11.3 Å². The molecular weight excluding hydrogens is 330 g/mol. The van der Waals surface area contributed by atoms with Gasteiger partial charge >= 0.3 is 0 Å². The first-order chi connectivity index (χ1) is 12.3. The van der Waals surface area contributed by atoms with Gasteiger partial charge in [-0.25, -0.2) is 4.98 Å². The minimum absolute atomic E-state index is 0.699. The van der Waals surface area contributed by atoms with Crippen LogP contribution < -0.4 is 10.2 Å². The molecule has 0 bridgehead atoms. The fourth-order valence-corrected chi connectivity index (χ4v) is 3.18. The van der Waals surface area contributed by atoms with Crippen molar-refractivity contribution in [3.05, 3.63) is 65.0 Å². The standard InChI is InChI=1S/C20H21N3OS/c1-3-13-24-18-12-8-7-11-17(18)14-21-23-20-22-19(15(2)25-20)16-9-5-4-6-10-16/h4-12,14H,3,13H2,1-2H3,(H,22,23)/b21-14-. The predicted octanol–water partition coefficient (Wildman–Crippen LogP) is 5.35. The number of hydrazone groups is 1. The van der Waals surface area contributed by atoms with Crippen LogP contribution in [0.4, 0.5) is 5.13 Å². The molecule has 2 aromatic carbocycles. The van der Waals surface area contributed by atoms with Crippen molar-refractivity contribution in [2.75, 3.05) is 12.0 Å². The largest absolute Gasteiger partial charge is 0.493 e. The van der Waals surface area contributed by atoms with Crippen LogP contribution in [0.2, 0.25) is 0 Å². The summed E-state index contributed by atoms with van der Waals surface area (Å²) in [5, 5.41) is 5.10. The predicted molar refractivity (Wildman–Crippen MR) is 106 cm³/mol. The van der Waals surface area contributed by atoms with Crippen LogP contribution in [-0.2, 0) is 0 Å². The highest BCUT2D eigenvalue weighted by Gasteiger charge is 2.08. The Morgan fingerprint density at radius 3 is 2.68 bits per heavy atom. The van der Waals surface area contributed by atoms with E-state index in [4.69, 9.17) is 4.74 Å². The Morgan fingerprint density at radius 2 is 1.88 bits per heavy atom. The number of nitrogens with one attached hydrogen (secondary N) is 1. The van der Waals surface area contributed by atoms with Crippen molar-refractivity contribution < 1.29 is 4.74 Å². The third kappa shape index (κ3) is 4.45. The van der Waals surface area contributed by atoms with E-state index in [-0.39, 0.29) is 0 Å². The van der Waals surface area contributed by atoms with Gasteiger partial charge in [-0.3, -0.25) is 5.43 Å². The highest BCUT2D eigenvalue weighted by molar-refractivity contribution is 7.15. The van der Waals surface area contributed by atoms with E-state index in [1.807, 2.05) is 42.5 Å². The summed E-state index contributed by atoms with van der Waals surface area (Å²) >= 11 is 1.60. The number of anilines is 1. The molecule has 0 aliphatic rings. The van der Waals surface area contributed by atoms with Crippen LogP contribution in [-0.4, -0.2) is 17.8 Å². The van der Waals surface area contributed by atoms with Crippen LogP contribution in [0.25, 0.3) is 11.3 Å². The highest BCUT2D eigenvalue weighted by atomic mass is 32.1. The minimum Gasteiger partial charge on any atom is -0.493 e. The van der Waals surface area contributed by atoms with Gasteiger partial charge in [-0.2, -0.15) is 5.10 Å². The van der Waals surface area contributed by atoms with Crippen LogP contribution in [0.15, 0.2) is 59.7 Å². The van der Waals surface area contributed by atoms with E-state index in [2.05, 4.69) is 41.5 Å². The van der Waals surface area contributed by atoms with E-state index in [1.54, 1.807) is 17.6 Å². The fraction of sp³-hybridized carbons (Fsp3) is 0.200. The summed E-state index contributed by atoms with van der Waals surface area (Å²) in [6.07, 6.45) is 2.74. The molecule has 0 atom stereocenters. The van der Waals surface area contributed by atoms with Gasteiger partial charge in [0.2, 0.25) is 5.13 Å². The molecule has 1 heterocycles. The molecule has 1 aromatic heterocycles. The van der Waals surface area contributed by atoms with Crippen LogP contribution in [0.3, 0.4) is 0 Å². The molecule has 1 N–H and O–H groups in total. The quantitative estimate of drug-likeness (QED) is 0.461. The highest BCUT2D eigenvalue weighted by Crippen LogP contribution is 2.30. The third-order valence-electron chi connectivity index (χ3n) is 3.59. The zero-order valence-corrected chi connectivity index (χ0v) is 15.2. The number of rotatable bonds is 7. The van der Waals surface area contributed by atoms with Crippen molar-refractivity contribution in [1.82, 2.24) is 4.98 Å². The summed E-state index contributed by atoms with van der Waals surface area (Å²) in [7, 11) is 0. The second-order valence-electron chi connectivity index (χ2n) is 5.55. The average molecular weight is 351 g/mol. The summed E-state index contributed by atoms with van der Waals surface area (Å²) in [4.78, 5) is 5.81. The first-order valence-corrected chi connectivity index (χ1v) is 9.13. The normalized spacial score (nSPS) is 11.0. The molecular formula is C20H21N3OS. The number of thiazole rings is 1. The Labute approximate surface area is 152 Å². The van der Waals surface area contributed by atoms with E-state index in [1.165, 1.54) is 0 Å². The third-order valence-corrected chi connectivity index (χ3v) is 4.46. The second kappa shape index (κ2) is 8.44. The first kappa shape index (κ1) is 17.2. The molecule has 0 saturated heterocycles. The minimum atomic E-state index is 0.699.